The van der Waals surface area contributed by atoms with E-state index in [4.69, 9.17) is 0 Å². The number of nitrogens with one attached hydrogen (secondary N) is 1. The van der Waals surface area contributed by atoms with Crippen molar-refractivity contribution in [3.05, 3.63) is 29.3 Å². The lowest BCUT2D eigenvalue weighted by Gasteiger charge is -2.23. The molecule has 0 amide bonds. The predicted molar refractivity (Wildman–Crippen MR) is 86.6 cm³/mol. The molecule has 20 heavy (non-hydrogen) atoms. The smallest absolute Gasteiger partial charge is 0.0419 e. The lowest BCUT2D eigenvalue weighted by atomic mass is 9.82. The van der Waals surface area contributed by atoms with Gasteiger partial charge in [0.25, 0.3) is 0 Å². The summed E-state index contributed by atoms with van der Waals surface area (Å²) in [5, 5.41) is 3.58. The van der Waals surface area contributed by atoms with Gasteiger partial charge in [-0.05, 0) is 42.2 Å². The standard InChI is InChI=1S/C17H24N2.ClH/c1-2-5-15-11-19(10-14(15)4-1)12-16-7-3-6-13-8-9-18-17(13)16;/h3,6-7,14-15,18H,1-2,4-5,8-12H2;1H/t14-,15+;. The van der Waals surface area contributed by atoms with Gasteiger partial charge in [0, 0.05) is 31.9 Å². The summed E-state index contributed by atoms with van der Waals surface area (Å²) in [6.45, 7) is 4.96. The van der Waals surface area contributed by atoms with E-state index in [1.54, 1.807) is 0 Å². The second-order valence-electron chi connectivity index (χ2n) is 6.63. The van der Waals surface area contributed by atoms with Crippen molar-refractivity contribution >= 4 is 18.1 Å². The molecule has 4 rings (SSSR count). The third-order valence-corrected chi connectivity index (χ3v) is 5.38. The number of rotatable bonds is 2. The molecule has 2 fully saturated rings. The number of nitrogens with zero attached hydrogens (tertiary/aromatic N) is 1. The number of hydrogen-bond acceptors (Lipinski definition) is 2. The minimum Gasteiger partial charge on any atom is -0.384 e. The normalized spacial score (nSPS) is 28.4. The molecule has 1 aromatic carbocycles. The molecule has 2 aliphatic heterocycles. The zero-order chi connectivity index (χ0) is 12.7. The van der Waals surface area contributed by atoms with E-state index in [0.29, 0.717) is 0 Å². The van der Waals surface area contributed by atoms with Crippen molar-refractivity contribution in [3.63, 3.8) is 0 Å². The average molecular weight is 293 g/mol. The maximum atomic E-state index is 3.58. The summed E-state index contributed by atoms with van der Waals surface area (Å²) in [5.74, 6) is 2.00. The van der Waals surface area contributed by atoms with Crippen LogP contribution in [0.4, 0.5) is 5.69 Å². The first-order valence-electron chi connectivity index (χ1n) is 7.97. The van der Waals surface area contributed by atoms with E-state index >= 15 is 0 Å². The van der Waals surface area contributed by atoms with Crippen LogP contribution in [0.5, 0.6) is 0 Å². The van der Waals surface area contributed by atoms with Gasteiger partial charge in [-0.2, -0.15) is 0 Å². The molecule has 0 spiro atoms. The number of benzene rings is 1. The quantitative estimate of drug-likeness (QED) is 0.894. The molecule has 1 saturated heterocycles. The Kier molecular flexibility index (Phi) is 4.23. The van der Waals surface area contributed by atoms with Crippen LogP contribution in [0.25, 0.3) is 0 Å². The fourth-order valence-electron chi connectivity index (χ4n) is 4.42. The summed E-state index contributed by atoms with van der Waals surface area (Å²) in [6, 6.07) is 6.84. The highest BCUT2D eigenvalue weighted by molar-refractivity contribution is 5.85. The Morgan fingerprint density at radius 3 is 2.60 bits per heavy atom. The van der Waals surface area contributed by atoms with Gasteiger partial charge in [-0.15, -0.1) is 12.4 Å². The molecule has 1 saturated carbocycles. The Balaban J connectivity index is 0.00000121. The summed E-state index contributed by atoms with van der Waals surface area (Å²) in [4.78, 5) is 2.70. The maximum Gasteiger partial charge on any atom is 0.0419 e. The van der Waals surface area contributed by atoms with E-state index in [9.17, 15) is 0 Å². The first kappa shape index (κ1) is 14.2. The minimum absolute atomic E-state index is 0. The fourth-order valence-corrected chi connectivity index (χ4v) is 4.42. The summed E-state index contributed by atoms with van der Waals surface area (Å²) in [7, 11) is 0. The maximum absolute atomic E-state index is 3.58. The van der Waals surface area contributed by atoms with Gasteiger partial charge < -0.3 is 5.32 Å². The van der Waals surface area contributed by atoms with E-state index in [1.165, 1.54) is 62.0 Å². The van der Waals surface area contributed by atoms with E-state index in [2.05, 4.69) is 28.4 Å². The molecule has 2 atom stereocenters. The van der Waals surface area contributed by atoms with Crippen LogP contribution in [-0.4, -0.2) is 24.5 Å². The molecule has 1 aromatic rings. The van der Waals surface area contributed by atoms with Gasteiger partial charge in [0.15, 0.2) is 0 Å². The van der Waals surface area contributed by atoms with Crippen molar-refractivity contribution in [1.29, 1.82) is 0 Å². The zero-order valence-corrected chi connectivity index (χ0v) is 12.9. The first-order chi connectivity index (χ1) is 9.40. The van der Waals surface area contributed by atoms with Gasteiger partial charge in [-0.1, -0.05) is 31.0 Å². The number of likely N-dealkylation sites (tertiary alicyclic amines) is 1. The summed E-state index contributed by atoms with van der Waals surface area (Å²) in [6.07, 6.45) is 7.10. The van der Waals surface area contributed by atoms with Crippen LogP contribution < -0.4 is 5.32 Å². The molecule has 110 valence electrons. The highest BCUT2D eigenvalue weighted by atomic mass is 35.5. The number of hydrogen-bond donors (Lipinski definition) is 1. The Bertz CT molecular complexity index is 460. The monoisotopic (exact) mass is 292 g/mol. The third kappa shape index (κ3) is 2.56. The predicted octanol–water partition coefficient (Wildman–Crippen LogP) is 3.70. The largest absolute Gasteiger partial charge is 0.384 e. The second kappa shape index (κ2) is 5.95. The Labute approximate surface area is 128 Å². The third-order valence-electron chi connectivity index (χ3n) is 5.38. The summed E-state index contributed by atoms with van der Waals surface area (Å²) in [5.41, 5.74) is 4.49. The van der Waals surface area contributed by atoms with Crippen molar-refractivity contribution in [2.45, 2.75) is 38.6 Å². The van der Waals surface area contributed by atoms with E-state index < -0.39 is 0 Å². The molecule has 1 aliphatic carbocycles. The molecule has 0 aromatic heterocycles. The van der Waals surface area contributed by atoms with E-state index in [1.807, 2.05) is 0 Å². The molecular weight excluding hydrogens is 268 g/mol. The SMILES string of the molecule is Cl.c1cc2c(c(CN3C[C@H]4CCCC[C@H]4C3)c1)NCC2. The van der Waals surface area contributed by atoms with Gasteiger partial charge in [0.05, 0.1) is 0 Å². The Hall–Kier alpha value is -0.730. The van der Waals surface area contributed by atoms with Crippen molar-refractivity contribution < 1.29 is 0 Å². The average Bonchev–Trinajstić information content (AvgIpc) is 3.04. The first-order valence-corrected chi connectivity index (χ1v) is 7.97. The van der Waals surface area contributed by atoms with E-state index in [-0.39, 0.29) is 12.4 Å². The minimum atomic E-state index is 0. The molecule has 3 heteroatoms. The van der Waals surface area contributed by atoms with Gasteiger partial charge in [-0.25, -0.2) is 0 Å². The summed E-state index contributed by atoms with van der Waals surface area (Å²) < 4.78 is 0. The molecule has 3 aliphatic rings. The van der Waals surface area contributed by atoms with Crippen LogP contribution in [-0.2, 0) is 13.0 Å². The lowest BCUT2D eigenvalue weighted by Crippen LogP contribution is -2.20. The van der Waals surface area contributed by atoms with Crippen molar-refractivity contribution in [1.82, 2.24) is 4.90 Å². The highest BCUT2D eigenvalue weighted by Gasteiger charge is 2.34. The van der Waals surface area contributed by atoms with Gasteiger partial charge in [0.1, 0.15) is 0 Å². The van der Waals surface area contributed by atoms with Crippen LogP contribution >= 0.6 is 12.4 Å². The van der Waals surface area contributed by atoms with Crippen molar-refractivity contribution in [3.8, 4) is 0 Å². The molecule has 0 radical (unpaired) electrons. The van der Waals surface area contributed by atoms with Crippen LogP contribution in [0.2, 0.25) is 0 Å². The van der Waals surface area contributed by atoms with Gasteiger partial charge >= 0.3 is 0 Å². The highest BCUT2D eigenvalue weighted by Crippen LogP contribution is 2.37. The van der Waals surface area contributed by atoms with Crippen LogP contribution in [0.3, 0.4) is 0 Å². The number of anilines is 1. The zero-order valence-electron chi connectivity index (χ0n) is 12.1. The molecule has 0 bridgehead atoms. The Morgan fingerprint density at radius 2 is 1.85 bits per heavy atom. The molecule has 2 nitrogen and oxygen atoms in total. The topological polar surface area (TPSA) is 15.3 Å². The van der Waals surface area contributed by atoms with E-state index in [0.717, 1.165) is 24.9 Å². The van der Waals surface area contributed by atoms with Crippen molar-refractivity contribution in [2.24, 2.45) is 11.8 Å². The lowest BCUT2D eigenvalue weighted by molar-refractivity contribution is 0.299. The van der Waals surface area contributed by atoms with Crippen molar-refractivity contribution in [2.75, 3.05) is 25.0 Å². The molecule has 2 heterocycles. The fraction of sp³-hybridized carbons (Fsp3) is 0.647. The van der Waals surface area contributed by atoms with Crippen LogP contribution in [0, 0.1) is 11.8 Å². The number of fused-ring (bicyclic) bond motifs is 2. The van der Waals surface area contributed by atoms with Gasteiger partial charge in [0.2, 0.25) is 0 Å². The van der Waals surface area contributed by atoms with Crippen LogP contribution in [0.15, 0.2) is 18.2 Å². The van der Waals surface area contributed by atoms with Crippen LogP contribution in [0.1, 0.15) is 36.8 Å². The second-order valence-corrected chi connectivity index (χ2v) is 6.63. The number of halogens is 1. The molecule has 0 unspecified atom stereocenters. The van der Waals surface area contributed by atoms with Gasteiger partial charge in [-0.3, -0.25) is 4.90 Å². The summed E-state index contributed by atoms with van der Waals surface area (Å²) >= 11 is 0. The Morgan fingerprint density at radius 1 is 1.10 bits per heavy atom. The number of para-hydroxylation sites is 1. The molecule has 1 N–H and O–H groups in total. The molecular formula is C17H25ClN2.